The molecule has 5 nitrogen and oxygen atoms in total. The summed E-state index contributed by atoms with van der Waals surface area (Å²) in [4.78, 5) is 39.1. The van der Waals surface area contributed by atoms with Crippen molar-refractivity contribution in [2.24, 2.45) is 11.8 Å². The summed E-state index contributed by atoms with van der Waals surface area (Å²) in [5, 5.41) is 3.06. The van der Waals surface area contributed by atoms with Crippen LogP contribution >= 0.6 is 0 Å². The Bertz CT molecular complexity index is 715. The quantitative estimate of drug-likeness (QED) is 0.796. The van der Waals surface area contributed by atoms with E-state index in [1.807, 2.05) is 6.07 Å². The Balaban J connectivity index is 1.40. The van der Waals surface area contributed by atoms with Crippen molar-refractivity contribution in [3.63, 3.8) is 0 Å². The van der Waals surface area contributed by atoms with E-state index < -0.39 is 0 Å². The van der Waals surface area contributed by atoms with Crippen molar-refractivity contribution in [1.82, 2.24) is 10.2 Å². The number of hydrogen-bond donors (Lipinski definition) is 1. The zero-order valence-corrected chi connectivity index (χ0v) is 16.5. The molecule has 0 bridgehead atoms. The van der Waals surface area contributed by atoms with Gasteiger partial charge in [-0.1, -0.05) is 62.4 Å². The van der Waals surface area contributed by atoms with Gasteiger partial charge in [-0.05, 0) is 31.2 Å². The first-order chi connectivity index (χ1) is 13.6. The van der Waals surface area contributed by atoms with E-state index in [-0.39, 0.29) is 41.5 Å². The van der Waals surface area contributed by atoms with Crippen molar-refractivity contribution in [1.29, 1.82) is 0 Å². The standard InChI is InChI=1S/C23H30N2O3/c26-20(15-25-21(27)18-11-5-6-12-19(18)22(25)28)24-16-23(13-7-2-8-14-23)17-9-3-1-4-10-17/h1,3-4,9-10,18-19H,2,5-8,11-16H2,(H,24,26)/t18-,19-/m1/s1. The van der Waals surface area contributed by atoms with E-state index in [4.69, 9.17) is 0 Å². The third-order valence-electron chi connectivity index (χ3n) is 7.05. The molecule has 0 radical (unpaired) electrons. The maximum atomic E-state index is 12.7. The summed E-state index contributed by atoms with van der Waals surface area (Å²) in [6.45, 7) is 0.439. The van der Waals surface area contributed by atoms with E-state index in [1.165, 1.54) is 16.9 Å². The third-order valence-corrected chi connectivity index (χ3v) is 7.05. The second-order valence-corrected chi connectivity index (χ2v) is 8.74. The average molecular weight is 383 g/mol. The monoisotopic (exact) mass is 382 g/mol. The fourth-order valence-electron chi connectivity index (χ4n) is 5.44. The van der Waals surface area contributed by atoms with Gasteiger partial charge < -0.3 is 5.32 Å². The van der Waals surface area contributed by atoms with Gasteiger partial charge in [0.1, 0.15) is 6.54 Å². The predicted octanol–water partition coefficient (Wildman–Crippen LogP) is 3.18. The minimum absolute atomic E-state index is 0.0395. The highest BCUT2D eigenvalue weighted by atomic mass is 16.2. The Labute approximate surface area is 166 Å². The number of nitrogens with one attached hydrogen (secondary N) is 1. The zero-order chi connectivity index (χ0) is 19.6. The number of likely N-dealkylation sites (tertiary alicyclic amines) is 1. The molecule has 0 spiro atoms. The van der Waals surface area contributed by atoms with Gasteiger partial charge in [0, 0.05) is 12.0 Å². The largest absolute Gasteiger partial charge is 0.354 e. The van der Waals surface area contributed by atoms with Crippen LogP contribution in [0, 0.1) is 11.8 Å². The van der Waals surface area contributed by atoms with Gasteiger partial charge in [0.2, 0.25) is 17.7 Å². The summed E-state index contributed by atoms with van der Waals surface area (Å²) in [6, 6.07) is 10.4. The molecule has 0 aromatic heterocycles. The van der Waals surface area contributed by atoms with Crippen molar-refractivity contribution in [2.75, 3.05) is 13.1 Å². The SMILES string of the molecule is O=C(CN1C(=O)[C@@H]2CCCC[C@H]2C1=O)NCC1(c2ccccc2)CCCCC1. The number of carbonyl (C=O) groups is 3. The van der Waals surface area contributed by atoms with Crippen molar-refractivity contribution in [2.45, 2.75) is 63.2 Å². The smallest absolute Gasteiger partial charge is 0.240 e. The van der Waals surface area contributed by atoms with E-state index in [1.54, 1.807) is 0 Å². The summed E-state index contributed by atoms with van der Waals surface area (Å²) in [5.41, 5.74) is 1.23. The molecular weight excluding hydrogens is 352 g/mol. The molecule has 1 aromatic rings. The molecule has 3 fully saturated rings. The second kappa shape index (κ2) is 8.06. The van der Waals surface area contributed by atoms with Crippen LogP contribution < -0.4 is 5.32 Å². The maximum Gasteiger partial charge on any atom is 0.240 e. The molecule has 3 amide bonds. The summed E-state index contributed by atoms with van der Waals surface area (Å²) < 4.78 is 0. The summed E-state index contributed by atoms with van der Waals surface area (Å²) in [5.74, 6) is -0.882. The van der Waals surface area contributed by atoms with Crippen LogP contribution in [0.2, 0.25) is 0 Å². The lowest BCUT2D eigenvalue weighted by atomic mass is 9.69. The molecule has 5 heteroatoms. The Morgan fingerprint density at radius 2 is 1.54 bits per heavy atom. The fraction of sp³-hybridized carbons (Fsp3) is 0.609. The Morgan fingerprint density at radius 1 is 0.929 bits per heavy atom. The summed E-state index contributed by atoms with van der Waals surface area (Å²) >= 11 is 0. The molecule has 2 saturated carbocycles. The van der Waals surface area contributed by atoms with Gasteiger partial charge in [-0.3, -0.25) is 19.3 Å². The summed E-state index contributed by atoms with van der Waals surface area (Å²) in [6.07, 6.45) is 9.25. The number of amides is 3. The van der Waals surface area contributed by atoms with Crippen molar-refractivity contribution in [3.05, 3.63) is 35.9 Å². The number of fused-ring (bicyclic) bond motifs is 1. The number of nitrogens with zero attached hydrogens (tertiary/aromatic N) is 1. The molecule has 1 N–H and O–H groups in total. The van der Waals surface area contributed by atoms with E-state index in [0.717, 1.165) is 51.4 Å². The fourth-order valence-corrected chi connectivity index (χ4v) is 5.44. The minimum atomic E-state index is -0.221. The van der Waals surface area contributed by atoms with Crippen LogP contribution in [0.15, 0.2) is 30.3 Å². The van der Waals surface area contributed by atoms with Crippen LogP contribution in [0.1, 0.15) is 63.4 Å². The molecule has 0 unspecified atom stereocenters. The first-order valence-electron chi connectivity index (χ1n) is 10.8. The molecule has 1 aromatic carbocycles. The van der Waals surface area contributed by atoms with Crippen molar-refractivity contribution >= 4 is 17.7 Å². The molecule has 1 saturated heterocycles. The highest BCUT2D eigenvalue weighted by Gasteiger charge is 2.48. The highest BCUT2D eigenvalue weighted by molar-refractivity contribution is 6.07. The molecule has 4 rings (SSSR count). The first-order valence-corrected chi connectivity index (χ1v) is 10.8. The minimum Gasteiger partial charge on any atom is -0.354 e. The van der Waals surface area contributed by atoms with Gasteiger partial charge >= 0.3 is 0 Å². The summed E-state index contributed by atoms with van der Waals surface area (Å²) in [7, 11) is 0. The van der Waals surface area contributed by atoms with Gasteiger partial charge in [-0.2, -0.15) is 0 Å². The lowest BCUT2D eigenvalue weighted by molar-refractivity contribution is -0.143. The van der Waals surface area contributed by atoms with Gasteiger partial charge in [0.05, 0.1) is 11.8 Å². The molecule has 2 aliphatic carbocycles. The predicted molar refractivity (Wildman–Crippen MR) is 106 cm³/mol. The zero-order valence-electron chi connectivity index (χ0n) is 16.5. The molecule has 1 heterocycles. The van der Waals surface area contributed by atoms with Crippen LogP contribution in [0.25, 0.3) is 0 Å². The Hall–Kier alpha value is -2.17. The first kappa shape index (κ1) is 19.2. The van der Waals surface area contributed by atoms with Crippen LogP contribution in [0.3, 0.4) is 0 Å². The van der Waals surface area contributed by atoms with Crippen LogP contribution in [-0.4, -0.2) is 35.7 Å². The van der Waals surface area contributed by atoms with E-state index in [2.05, 4.69) is 29.6 Å². The van der Waals surface area contributed by atoms with Gasteiger partial charge in [-0.25, -0.2) is 0 Å². The molecular formula is C23H30N2O3. The van der Waals surface area contributed by atoms with Crippen LogP contribution in [-0.2, 0) is 19.8 Å². The van der Waals surface area contributed by atoms with Crippen molar-refractivity contribution < 1.29 is 14.4 Å². The topological polar surface area (TPSA) is 66.5 Å². The number of imide groups is 1. The van der Waals surface area contributed by atoms with E-state index in [0.29, 0.717) is 6.54 Å². The van der Waals surface area contributed by atoms with Gasteiger partial charge in [0.25, 0.3) is 0 Å². The second-order valence-electron chi connectivity index (χ2n) is 8.74. The lowest BCUT2D eigenvalue weighted by Gasteiger charge is -2.38. The van der Waals surface area contributed by atoms with Crippen LogP contribution in [0.4, 0.5) is 0 Å². The molecule has 28 heavy (non-hydrogen) atoms. The van der Waals surface area contributed by atoms with Crippen LogP contribution in [0.5, 0.6) is 0 Å². The Morgan fingerprint density at radius 3 is 2.14 bits per heavy atom. The highest BCUT2D eigenvalue weighted by Crippen LogP contribution is 2.39. The van der Waals surface area contributed by atoms with Gasteiger partial charge in [-0.15, -0.1) is 0 Å². The number of benzene rings is 1. The third kappa shape index (κ3) is 3.59. The van der Waals surface area contributed by atoms with E-state index in [9.17, 15) is 14.4 Å². The number of hydrogen-bond acceptors (Lipinski definition) is 3. The molecule has 3 aliphatic rings. The lowest BCUT2D eigenvalue weighted by Crippen LogP contribution is -2.46. The molecule has 1 aliphatic heterocycles. The number of rotatable bonds is 5. The number of carbonyl (C=O) groups excluding carboxylic acids is 3. The molecule has 150 valence electrons. The normalized spacial score (nSPS) is 26.8. The average Bonchev–Trinajstić information content (AvgIpc) is 2.99. The van der Waals surface area contributed by atoms with Crippen molar-refractivity contribution in [3.8, 4) is 0 Å². The van der Waals surface area contributed by atoms with Gasteiger partial charge in [0.15, 0.2) is 0 Å². The Kier molecular flexibility index (Phi) is 5.51. The molecule has 2 atom stereocenters. The maximum absolute atomic E-state index is 12.7. The van der Waals surface area contributed by atoms with E-state index >= 15 is 0 Å².